The van der Waals surface area contributed by atoms with Crippen LogP contribution < -0.4 is 0 Å². The summed E-state index contributed by atoms with van der Waals surface area (Å²) >= 11 is 0. The van der Waals surface area contributed by atoms with Crippen molar-refractivity contribution in [3.05, 3.63) is 47.7 Å². The number of unbranched alkanes of at least 4 members (excludes halogenated alkanes) is 1. The lowest BCUT2D eigenvalue weighted by Gasteiger charge is -2.02. The maximum atomic E-state index is 4.47. The van der Waals surface area contributed by atoms with Crippen molar-refractivity contribution in [2.45, 2.75) is 40.5 Å². The molecule has 0 radical (unpaired) electrons. The fourth-order valence-electron chi connectivity index (χ4n) is 1.24. The molecule has 0 aromatic heterocycles. The first-order chi connectivity index (χ1) is 7.79. The number of hydrogen-bond acceptors (Lipinski definition) is 1. The average molecular weight is 217 g/mol. The van der Waals surface area contributed by atoms with Crippen LogP contribution in [0.25, 0.3) is 0 Å². The average Bonchev–Trinajstić information content (AvgIpc) is 2.31. The molecular formula is C15H23N. The van der Waals surface area contributed by atoms with Crippen LogP contribution in [-0.2, 0) is 0 Å². The van der Waals surface area contributed by atoms with E-state index in [1.165, 1.54) is 5.57 Å². The highest BCUT2D eigenvalue weighted by atomic mass is 14.7. The Balaban J connectivity index is 4.92. The molecule has 1 heteroatoms. The van der Waals surface area contributed by atoms with Gasteiger partial charge in [0.15, 0.2) is 0 Å². The van der Waals surface area contributed by atoms with Gasteiger partial charge in [-0.25, -0.2) is 0 Å². The predicted octanol–water partition coefficient (Wildman–Crippen LogP) is 4.84. The van der Waals surface area contributed by atoms with E-state index in [1.807, 2.05) is 45.2 Å². The molecule has 0 saturated carbocycles. The van der Waals surface area contributed by atoms with Crippen LogP contribution in [0.4, 0.5) is 0 Å². The van der Waals surface area contributed by atoms with E-state index in [4.69, 9.17) is 0 Å². The molecule has 0 rings (SSSR count). The smallest absolute Gasteiger partial charge is 0.0658 e. The van der Waals surface area contributed by atoms with Gasteiger partial charge in [0.1, 0.15) is 0 Å². The van der Waals surface area contributed by atoms with Gasteiger partial charge in [0.25, 0.3) is 0 Å². The molecule has 0 fully saturated rings. The SMILES string of the molecule is C\C=C/C=N\C(=C\CCC)C(\C=C/C)=C\C. The lowest BCUT2D eigenvalue weighted by Crippen LogP contribution is -1.84. The van der Waals surface area contributed by atoms with Gasteiger partial charge in [-0.3, -0.25) is 4.99 Å². The van der Waals surface area contributed by atoms with Gasteiger partial charge in [-0.05, 0) is 38.8 Å². The van der Waals surface area contributed by atoms with E-state index in [1.54, 1.807) is 0 Å². The summed E-state index contributed by atoms with van der Waals surface area (Å²) in [5.74, 6) is 0. The standard InChI is InChI=1S/C15H23N/c1-5-9-12-15(16-13-10-6-2)14(8-4)11-7-3/h6-8,10-13H,5,9H2,1-4H3/b10-6-,11-7-,14-8+,15-12+,16-13-. The van der Waals surface area contributed by atoms with Crippen molar-refractivity contribution < 1.29 is 0 Å². The van der Waals surface area contributed by atoms with Crippen LogP contribution in [0.15, 0.2) is 52.7 Å². The van der Waals surface area contributed by atoms with Gasteiger partial charge in [-0.15, -0.1) is 0 Å². The highest BCUT2D eigenvalue weighted by molar-refractivity contribution is 5.72. The lowest BCUT2D eigenvalue weighted by molar-refractivity contribution is 0.948. The second kappa shape index (κ2) is 10.2. The summed E-state index contributed by atoms with van der Waals surface area (Å²) in [6, 6.07) is 0. The number of hydrogen-bond donors (Lipinski definition) is 0. The molecule has 0 aliphatic heterocycles. The third kappa shape index (κ3) is 6.18. The zero-order valence-corrected chi connectivity index (χ0v) is 10.9. The molecule has 0 atom stereocenters. The van der Waals surface area contributed by atoms with Crippen molar-refractivity contribution in [2.75, 3.05) is 0 Å². The molecule has 0 heterocycles. The minimum absolute atomic E-state index is 1.06. The van der Waals surface area contributed by atoms with Gasteiger partial charge in [0.2, 0.25) is 0 Å². The second-order valence-electron chi connectivity index (χ2n) is 3.43. The topological polar surface area (TPSA) is 12.4 Å². The Morgan fingerprint density at radius 1 is 1.12 bits per heavy atom. The molecule has 0 saturated heterocycles. The quantitative estimate of drug-likeness (QED) is 0.446. The summed E-state index contributed by atoms with van der Waals surface area (Å²) in [7, 11) is 0. The summed E-state index contributed by atoms with van der Waals surface area (Å²) in [4.78, 5) is 4.47. The zero-order valence-electron chi connectivity index (χ0n) is 10.9. The van der Waals surface area contributed by atoms with E-state index in [0.717, 1.165) is 18.5 Å². The summed E-state index contributed by atoms with van der Waals surface area (Å²) in [5, 5.41) is 0. The van der Waals surface area contributed by atoms with E-state index >= 15 is 0 Å². The largest absolute Gasteiger partial charge is 0.257 e. The van der Waals surface area contributed by atoms with Crippen molar-refractivity contribution in [1.82, 2.24) is 0 Å². The first-order valence-corrected chi connectivity index (χ1v) is 5.95. The monoisotopic (exact) mass is 217 g/mol. The Morgan fingerprint density at radius 2 is 1.88 bits per heavy atom. The van der Waals surface area contributed by atoms with E-state index in [-0.39, 0.29) is 0 Å². The van der Waals surface area contributed by atoms with Crippen molar-refractivity contribution in [3.8, 4) is 0 Å². The molecular weight excluding hydrogens is 194 g/mol. The number of nitrogens with zero attached hydrogens (tertiary/aromatic N) is 1. The molecule has 0 aliphatic rings. The Labute approximate surface area is 100.0 Å². The van der Waals surface area contributed by atoms with E-state index in [9.17, 15) is 0 Å². The van der Waals surface area contributed by atoms with Gasteiger partial charge in [0.05, 0.1) is 5.70 Å². The van der Waals surface area contributed by atoms with Crippen LogP contribution in [0.5, 0.6) is 0 Å². The maximum absolute atomic E-state index is 4.47. The first-order valence-electron chi connectivity index (χ1n) is 5.95. The number of allylic oxidation sites excluding steroid dienone is 6. The van der Waals surface area contributed by atoms with E-state index < -0.39 is 0 Å². The number of aliphatic imine (C=N–C) groups is 1. The molecule has 1 nitrogen and oxygen atoms in total. The molecule has 16 heavy (non-hydrogen) atoms. The summed E-state index contributed by atoms with van der Waals surface area (Å²) in [5.41, 5.74) is 2.23. The predicted molar refractivity (Wildman–Crippen MR) is 74.9 cm³/mol. The van der Waals surface area contributed by atoms with Crippen LogP contribution in [-0.4, -0.2) is 6.21 Å². The minimum Gasteiger partial charge on any atom is -0.257 e. The lowest BCUT2D eigenvalue weighted by atomic mass is 10.1. The summed E-state index contributed by atoms with van der Waals surface area (Å²) in [6.07, 6.45) is 16.4. The van der Waals surface area contributed by atoms with Crippen molar-refractivity contribution in [1.29, 1.82) is 0 Å². The zero-order chi connectivity index (χ0) is 12.2. The highest BCUT2D eigenvalue weighted by Crippen LogP contribution is 2.14. The normalized spacial score (nSPS) is 14.8. The molecule has 0 spiro atoms. The van der Waals surface area contributed by atoms with Crippen molar-refractivity contribution in [3.63, 3.8) is 0 Å². The molecule has 88 valence electrons. The molecule has 0 aromatic carbocycles. The van der Waals surface area contributed by atoms with E-state index in [0.29, 0.717) is 0 Å². The summed E-state index contributed by atoms with van der Waals surface area (Å²) < 4.78 is 0. The molecule has 0 unspecified atom stereocenters. The second-order valence-corrected chi connectivity index (χ2v) is 3.43. The minimum atomic E-state index is 1.06. The van der Waals surface area contributed by atoms with Crippen LogP contribution in [0.2, 0.25) is 0 Å². The molecule has 0 amide bonds. The molecule has 0 bridgehead atoms. The van der Waals surface area contributed by atoms with Gasteiger partial charge in [-0.2, -0.15) is 0 Å². The van der Waals surface area contributed by atoms with Crippen molar-refractivity contribution in [2.24, 2.45) is 4.99 Å². The molecule has 0 aromatic rings. The van der Waals surface area contributed by atoms with Gasteiger partial charge in [-0.1, -0.05) is 43.7 Å². The highest BCUT2D eigenvalue weighted by Gasteiger charge is 1.97. The van der Waals surface area contributed by atoms with E-state index in [2.05, 4.69) is 30.1 Å². The first kappa shape index (κ1) is 14.6. The van der Waals surface area contributed by atoms with Crippen LogP contribution in [0.1, 0.15) is 40.5 Å². The summed E-state index contributed by atoms with van der Waals surface area (Å²) in [6.45, 7) is 8.23. The number of rotatable bonds is 6. The van der Waals surface area contributed by atoms with Gasteiger partial charge < -0.3 is 0 Å². The van der Waals surface area contributed by atoms with Gasteiger partial charge >= 0.3 is 0 Å². The third-order valence-corrected chi connectivity index (χ3v) is 2.07. The third-order valence-electron chi connectivity index (χ3n) is 2.07. The Bertz CT molecular complexity index is 314. The maximum Gasteiger partial charge on any atom is 0.0658 e. The van der Waals surface area contributed by atoms with Crippen LogP contribution in [0.3, 0.4) is 0 Å². The Morgan fingerprint density at radius 3 is 2.38 bits per heavy atom. The van der Waals surface area contributed by atoms with Gasteiger partial charge in [0, 0.05) is 6.21 Å². The fourth-order valence-corrected chi connectivity index (χ4v) is 1.24. The molecule has 0 N–H and O–H groups in total. The Kier molecular flexibility index (Phi) is 9.29. The van der Waals surface area contributed by atoms with Crippen LogP contribution >= 0.6 is 0 Å². The van der Waals surface area contributed by atoms with Crippen LogP contribution in [0, 0.1) is 0 Å². The van der Waals surface area contributed by atoms with Crippen molar-refractivity contribution >= 4 is 6.21 Å². The molecule has 0 aliphatic carbocycles. The Hall–Kier alpha value is -1.37. The fraction of sp³-hybridized carbons (Fsp3) is 0.400.